The van der Waals surface area contributed by atoms with Crippen molar-refractivity contribution in [3.63, 3.8) is 0 Å². The second-order valence-corrected chi connectivity index (χ2v) is 7.65. The predicted octanol–water partition coefficient (Wildman–Crippen LogP) is 6.15. The van der Waals surface area contributed by atoms with E-state index < -0.39 is 11.6 Å². The normalized spacial score (nSPS) is 15.3. The van der Waals surface area contributed by atoms with E-state index in [1.165, 1.54) is 0 Å². The zero-order chi connectivity index (χ0) is 21.3. The molecule has 0 bridgehead atoms. The highest BCUT2D eigenvalue weighted by Crippen LogP contribution is 2.36. The van der Waals surface area contributed by atoms with Gasteiger partial charge in [0.05, 0.1) is 11.4 Å². The SMILES string of the molecule is CC(=Nc1ccccc1C)N(C1=C(Cl)C(=O)C(Cl)=C(Cl)C1=O)c1ccccc1C. The lowest BCUT2D eigenvalue weighted by molar-refractivity contribution is -0.115. The maximum absolute atomic E-state index is 13.0. The number of hydrogen-bond acceptors (Lipinski definition) is 3. The van der Waals surface area contributed by atoms with Crippen molar-refractivity contribution in [1.29, 1.82) is 0 Å². The minimum absolute atomic E-state index is 0.0739. The fourth-order valence-electron chi connectivity index (χ4n) is 2.99. The lowest BCUT2D eigenvalue weighted by atomic mass is 10.0. The summed E-state index contributed by atoms with van der Waals surface area (Å²) in [5, 5.41) is -1.05. The molecule has 7 heteroatoms. The maximum atomic E-state index is 13.0. The Morgan fingerprint density at radius 2 is 1.34 bits per heavy atom. The molecular formula is C22H17Cl3N2O2. The number of nitrogens with zero attached hydrogens (tertiary/aromatic N) is 2. The van der Waals surface area contributed by atoms with Gasteiger partial charge in [-0.15, -0.1) is 0 Å². The molecule has 29 heavy (non-hydrogen) atoms. The summed E-state index contributed by atoms with van der Waals surface area (Å²) in [5.74, 6) is -0.885. The van der Waals surface area contributed by atoms with Gasteiger partial charge in [0.15, 0.2) is 0 Å². The molecule has 0 amide bonds. The van der Waals surface area contributed by atoms with Crippen LogP contribution in [0.3, 0.4) is 0 Å². The van der Waals surface area contributed by atoms with Crippen molar-refractivity contribution in [2.75, 3.05) is 4.90 Å². The zero-order valence-corrected chi connectivity index (χ0v) is 18.2. The summed E-state index contributed by atoms with van der Waals surface area (Å²) in [5.41, 5.74) is 3.13. The summed E-state index contributed by atoms with van der Waals surface area (Å²) >= 11 is 18.2. The molecule has 0 heterocycles. The quantitative estimate of drug-likeness (QED) is 0.322. The number of hydrogen-bond donors (Lipinski definition) is 0. The van der Waals surface area contributed by atoms with E-state index in [9.17, 15) is 9.59 Å². The Kier molecular flexibility index (Phi) is 6.27. The number of benzene rings is 2. The Morgan fingerprint density at radius 3 is 1.97 bits per heavy atom. The van der Waals surface area contributed by atoms with Gasteiger partial charge >= 0.3 is 0 Å². The average Bonchev–Trinajstić information content (AvgIpc) is 2.70. The van der Waals surface area contributed by atoms with Crippen LogP contribution in [-0.4, -0.2) is 17.4 Å². The molecule has 0 fully saturated rings. The molecule has 2 aromatic rings. The molecule has 0 aliphatic heterocycles. The van der Waals surface area contributed by atoms with E-state index in [0.29, 0.717) is 11.5 Å². The first-order valence-electron chi connectivity index (χ1n) is 8.75. The molecule has 0 saturated heterocycles. The van der Waals surface area contributed by atoms with E-state index in [-0.39, 0.29) is 20.8 Å². The number of rotatable bonds is 3. The summed E-state index contributed by atoms with van der Waals surface area (Å²) in [6.45, 7) is 5.56. The number of halogens is 3. The van der Waals surface area contributed by atoms with Gasteiger partial charge in [0.1, 0.15) is 26.6 Å². The van der Waals surface area contributed by atoms with Crippen molar-refractivity contribution in [2.45, 2.75) is 20.8 Å². The molecule has 0 radical (unpaired) electrons. The van der Waals surface area contributed by atoms with E-state index in [4.69, 9.17) is 34.8 Å². The minimum Gasteiger partial charge on any atom is -0.293 e. The lowest BCUT2D eigenvalue weighted by Crippen LogP contribution is -2.36. The van der Waals surface area contributed by atoms with Crippen LogP contribution in [0.1, 0.15) is 18.1 Å². The van der Waals surface area contributed by atoms with Crippen LogP contribution in [0.25, 0.3) is 0 Å². The first kappa shape index (κ1) is 21.3. The van der Waals surface area contributed by atoms with Crippen LogP contribution in [0, 0.1) is 13.8 Å². The number of aryl methyl sites for hydroxylation is 2. The van der Waals surface area contributed by atoms with Crippen molar-refractivity contribution in [2.24, 2.45) is 4.99 Å². The standard InChI is InChI=1S/C22H17Cl3N2O2/c1-12-8-4-6-10-15(12)26-14(3)27(16-11-7-5-9-13(16)2)20-19(25)21(28)17(23)18(24)22(20)29/h4-11H,1-3H3. The number of amidine groups is 1. The molecule has 0 aromatic heterocycles. The monoisotopic (exact) mass is 446 g/mol. The van der Waals surface area contributed by atoms with Crippen molar-refractivity contribution in [3.05, 3.63) is 80.5 Å². The van der Waals surface area contributed by atoms with E-state index in [1.54, 1.807) is 11.8 Å². The predicted molar refractivity (Wildman–Crippen MR) is 119 cm³/mol. The first-order valence-corrected chi connectivity index (χ1v) is 9.88. The second kappa shape index (κ2) is 8.54. The molecule has 3 rings (SSSR count). The smallest absolute Gasteiger partial charge is 0.224 e. The molecule has 0 N–H and O–H groups in total. The third kappa shape index (κ3) is 4.01. The van der Waals surface area contributed by atoms with E-state index >= 15 is 0 Å². The Bertz CT molecular complexity index is 1120. The molecule has 2 aromatic carbocycles. The Hall–Kier alpha value is -2.40. The fraction of sp³-hybridized carbons (Fsp3) is 0.136. The van der Waals surface area contributed by atoms with E-state index in [0.717, 1.165) is 16.8 Å². The van der Waals surface area contributed by atoms with Gasteiger partial charge in [-0.2, -0.15) is 0 Å². The number of para-hydroxylation sites is 2. The average molecular weight is 448 g/mol. The summed E-state index contributed by atoms with van der Waals surface area (Å²) in [6, 6.07) is 15.0. The largest absolute Gasteiger partial charge is 0.293 e. The molecule has 0 atom stereocenters. The van der Waals surface area contributed by atoms with Gasteiger partial charge in [0, 0.05) is 0 Å². The zero-order valence-electron chi connectivity index (χ0n) is 16.0. The van der Waals surface area contributed by atoms with Gasteiger partial charge < -0.3 is 0 Å². The summed E-state index contributed by atoms with van der Waals surface area (Å²) < 4.78 is 0. The lowest BCUT2D eigenvalue weighted by Gasteiger charge is -2.30. The highest BCUT2D eigenvalue weighted by molar-refractivity contribution is 6.64. The molecule has 1 aliphatic rings. The van der Waals surface area contributed by atoms with Gasteiger partial charge in [-0.05, 0) is 44.0 Å². The Labute approximate surface area is 184 Å². The van der Waals surface area contributed by atoms with Crippen LogP contribution >= 0.6 is 34.8 Å². The number of aliphatic imine (C=N–C) groups is 1. The fourth-order valence-corrected chi connectivity index (χ4v) is 3.66. The number of allylic oxidation sites excluding steroid dienone is 3. The van der Waals surface area contributed by atoms with Crippen molar-refractivity contribution in [1.82, 2.24) is 0 Å². The van der Waals surface area contributed by atoms with Crippen molar-refractivity contribution < 1.29 is 9.59 Å². The topological polar surface area (TPSA) is 49.7 Å². The third-order valence-electron chi connectivity index (χ3n) is 4.52. The molecule has 0 unspecified atom stereocenters. The van der Waals surface area contributed by atoms with E-state index in [1.807, 2.05) is 62.4 Å². The van der Waals surface area contributed by atoms with Crippen LogP contribution < -0.4 is 4.90 Å². The molecule has 148 valence electrons. The third-order valence-corrected chi connectivity index (χ3v) is 5.68. The van der Waals surface area contributed by atoms with Crippen LogP contribution in [0.4, 0.5) is 11.4 Å². The number of carbonyl (C=O) groups is 2. The van der Waals surface area contributed by atoms with Crippen LogP contribution in [0.15, 0.2) is 74.3 Å². The summed E-state index contributed by atoms with van der Waals surface area (Å²) in [6.07, 6.45) is 0. The van der Waals surface area contributed by atoms with Crippen molar-refractivity contribution in [3.8, 4) is 0 Å². The van der Waals surface area contributed by atoms with E-state index in [2.05, 4.69) is 4.99 Å². The second-order valence-electron chi connectivity index (χ2n) is 6.52. The molecule has 1 aliphatic carbocycles. The first-order chi connectivity index (χ1) is 13.7. The molecule has 0 spiro atoms. The molecule has 0 saturated carbocycles. The molecule has 4 nitrogen and oxygen atoms in total. The molecular weight excluding hydrogens is 431 g/mol. The Morgan fingerprint density at radius 1 is 0.793 bits per heavy atom. The summed E-state index contributed by atoms with van der Waals surface area (Å²) in [7, 11) is 0. The van der Waals surface area contributed by atoms with Gasteiger partial charge in [0.25, 0.3) is 0 Å². The van der Waals surface area contributed by atoms with Gasteiger partial charge in [-0.1, -0.05) is 71.2 Å². The number of ketones is 2. The van der Waals surface area contributed by atoms with Crippen LogP contribution in [0.2, 0.25) is 0 Å². The van der Waals surface area contributed by atoms with Crippen LogP contribution in [0.5, 0.6) is 0 Å². The highest BCUT2D eigenvalue weighted by atomic mass is 35.5. The number of anilines is 1. The van der Waals surface area contributed by atoms with Crippen LogP contribution in [-0.2, 0) is 9.59 Å². The van der Waals surface area contributed by atoms with Gasteiger partial charge in [-0.25, -0.2) is 4.99 Å². The highest BCUT2D eigenvalue weighted by Gasteiger charge is 2.37. The van der Waals surface area contributed by atoms with Gasteiger partial charge in [0.2, 0.25) is 11.6 Å². The van der Waals surface area contributed by atoms with Crippen molar-refractivity contribution >= 4 is 63.6 Å². The maximum Gasteiger partial charge on any atom is 0.224 e. The number of Topliss-reactive ketones (excluding diaryl/α,β-unsaturated/α-hetero) is 2. The Balaban J connectivity index is 2.26. The summed E-state index contributed by atoms with van der Waals surface area (Å²) in [4.78, 5) is 31.7. The minimum atomic E-state index is -0.699. The number of carbonyl (C=O) groups excluding carboxylic acids is 2. The van der Waals surface area contributed by atoms with Gasteiger partial charge in [-0.3, -0.25) is 14.5 Å².